The van der Waals surface area contributed by atoms with E-state index in [2.05, 4.69) is 10.1 Å². The number of anilines is 1. The molecule has 0 bridgehead atoms. The third kappa shape index (κ3) is 3.99. The van der Waals surface area contributed by atoms with Crippen LogP contribution in [-0.4, -0.2) is 21.2 Å². The minimum absolute atomic E-state index is 0. The molecule has 0 spiro atoms. The zero-order chi connectivity index (χ0) is 18.3. The topological polar surface area (TPSA) is 106 Å². The third-order valence-corrected chi connectivity index (χ3v) is 4.72. The highest BCUT2D eigenvalue weighted by Gasteiger charge is 2.22. The molecular weight excluding hydrogens is 419 g/mol. The molecule has 0 saturated heterocycles. The van der Waals surface area contributed by atoms with E-state index in [1.807, 2.05) is 42.5 Å². The number of halogens is 3. The molecule has 1 aliphatic rings. The molecule has 146 valence electrons. The van der Waals surface area contributed by atoms with E-state index >= 15 is 0 Å². The molecule has 4 rings (SSSR count). The van der Waals surface area contributed by atoms with Gasteiger partial charge in [0.25, 0.3) is 0 Å². The lowest BCUT2D eigenvalue weighted by atomic mass is 10.0. The number of nitrogens with one attached hydrogen (secondary N) is 1. The van der Waals surface area contributed by atoms with Gasteiger partial charge in [0.1, 0.15) is 5.84 Å². The highest BCUT2D eigenvalue weighted by atomic mass is 35.5. The summed E-state index contributed by atoms with van der Waals surface area (Å²) in [4.78, 5) is 4.39. The zero-order valence-electron chi connectivity index (χ0n) is 14.7. The summed E-state index contributed by atoms with van der Waals surface area (Å²) in [6, 6.07) is 13.2. The molecule has 0 saturated carbocycles. The molecule has 0 unspecified atom stereocenters. The van der Waals surface area contributed by atoms with Crippen molar-refractivity contribution in [2.45, 2.75) is 12.8 Å². The van der Waals surface area contributed by atoms with Crippen LogP contribution >= 0.6 is 36.4 Å². The molecule has 1 aliphatic carbocycles. The highest BCUT2D eigenvalue weighted by Crippen LogP contribution is 2.27. The average Bonchev–Trinajstić information content (AvgIpc) is 3.20. The van der Waals surface area contributed by atoms with Gasteiger partial charge in [-0.3, -0.25) is 5.41 Å². The van der Waals surface area contributed by atoms with E-state index in [0.29, 0.717) is 11.0 Å². The van der Waals surface area contributed by atoms with Gasteiger partial charge < -0.3 is 11.5 Å². The van der Waals surface area contributed by atoms with Crippen LogP contribution in [0.3, 0.4) is 0 Å². The van der Waals surface area contributed by atoms with Gasteiger partial charge in [-0.25, -0.2) is 9.66 Å². The second-order valence-electron chi connectivity index (χ2n) is 6.13. The maximum atomic E-state index is 7.73. The van der Waals surface area contributed by atoms with Gasteiger partial charge in [0.05, 0.1) is 17.6 Å². The van der Waals surface area contributed by atoms with Gasteiger partial charge in [-0.2, -0.15) is 5.10 Å². The van der Waals surface area contributed by atoms with Gasteiger partial charge in [-0.15, -0.1) is 24.8 Å². The van der Waals surface area contributed by atoms with Crippen LogP contribution < -0.4 is 11.5 Å². The predicted molar refractivity (Wildman–Crippen MR) is 119 cm³/mol. The smallest absolute Gasteiger partial charge is 0.221 e. The molecule has 1 aromatic heterocycles. The van der Waals surface area contributed by atoms with Crippen molar-refractivity contribution < 1.29 is 0 Å². The van der Waals surface area contributed by atoms with E-state index < -0.39 is 0 Å². The summed E-state index contributed by atoms with van der Waals surface area (Å²) < 4.78 is 1.59. The summed E-state index contributed by atoms with van der Waals surface area (Å²) in [6.45, 7) is 0. The molecule has 0 fully saturated rings. The molecule has 1 heterocycles. The number of nitrogens with two attached hydrogens (primary N) is 2. The Bertz CT molecular complexity index is 1040. The fourth-order valence-electron chi connectivity index (χ4n) is 3.22. The number of rotatable bonds is 3. The molecule has 0 amide bonds. The number of hydrogen-bond donors (Lipinski definition) is 3. The Kier molecular flexibility index (Phi) is 6.72. The Morgan fingerprint density at radius 1 is 1.11 bits per heavy atom. The van der Waals surface area contributed by atoms with E-state index in [4.69, 9.17) is 28.5 Å². The largest absolute Gasteiger partial charge is 0.384 e. The van der Waals surface area contributed by atoms with Gasteiger partial charge in [0.2, 0.25) is 5.95 Å². The molecule has 0 aliphatic heterocycles. The van der Waals surface area contributed by atoms with Crippen LogP contribution in [-0.2, 0) is 6.42 Å². The van der Waals surface area contributed by atoms with Gasteiger partial charge in [-0.1, -0.05) is 41.9 Å². The number of nitrogen functional groups attached to an aromatic ring is 2. The first-order chi connectivity index (χ1) is 12.5. The summed E-state index contributed by atoms with van der Waals surface area (Å²) in [5.41, 5.74) is 17.2. The number of hydrogen-bond acceptors (Lipinski definition) is 4. The van der Waals surface area contributed by atoms with E-state index in [9.17, 15) is 0 Å². The summed E-state index contributed by atoms with van der Waals surface area (Å²) in [5.74, 6) is 0.397. The van der Waals surface area contributed by atoms with Crippen LogP contribution in [0.5, 0.6) is 0 Å². The molecule has 9 heteroatoms. The Hall–Kier alpha value is -2.54. The Labute approximate surface area is 179 Å². The van der Waals surface area contributed by atoms with E-state index in [1.165, 1.54) is 0 Å². The Morgan fingerprint density at radius 2 is 1.82 bits per heavy atom. The summed E-state index contributed by atoms with van der Waals surface area (Å²) >= 11 is 5.94. The van der Waals surface area contributed by atoms with Crippen LogP contribution in [0.4, 0.5) is 5.95 Å². The van der Waals surface area contributed by atoms with Crippen molar-refractivity contribution >= 4 is 53.9 Å². The van der Waals surface area contributed by atoms with Crippen LogP contribution in [0, 0.1) is 5.41 Å². The lowest BCUT2D eigenvalue weighted by Gasteiger charge is -2.06. The monoisotopic (exact) mass is 436 g/mol. The predicted octanol–water partition coefficient (Wildman–Crippen LogP) is 4.11. The Morgan fingerprint density at radius 3 is 2.50 bits per heavy atom. The second kappa shape index (κ2) is 8.65. The Balaban J connectivity index is 0.00000140. The van der Waals surface area contributed by atoms with Crippen LogP contribution in [0.25, 0.3) is 11.3 Å². The van der Waals surface area contributed by atoms with Crippen LogP contribution in [0.15, 0.2) is 53.8 Å². The van der Waals surface area contributed by atoms with Crippen molar-refractivity contribution in [3.63, 3.8) is 0 Å². The quantitative estimate of drug-likeness (QED) is 0.424. The van der Waals surface area contributed by atoms with E-state index in [0.717, 1.165) is 46.5 Å². The van der Waals surface area contributed by atoms with Gasteiger partial charge >= 0.3 is 0 Å². The van der Waals surface area contributed by atoms with Crippen molar-refractivity contribution in [3.8, 4) is 11.3 Å². The van der Waals surface area contributed by atoms with Crippen molar-refractivity contribution in [2.75, 3.05) is 5.73 Å². The second-order valence-corrected chi connectivity index (χ2v) is 6.56. The molecule has 28 heavy (non-hydrogen) atoms. The lowest BCUT2D eigenvalue weighted by Crippen LogP contribution is -2.13. The number of aromatic nitrogens is 2. The molecule has 2 aromatic carbocycles. The molecule has 5 N–H and O–H groups in total. The third-order valence-electron chi connectivity index (χ3n) is 4.47. The number of nitrogens with zero attached hydrogens (tertiary/aromatic N) is 3. The summed E-state index contributed by atoms with van der Waals surface area (Å²) in [6.07, 6.45) is 3.38. The fourth-order valence-corrected chi connectivity index (χ4v) is 3.34. The first-order valence-electron chi connectivity index (χ1n) is 8.18. The minimum Gasteiger partial charge on any atom is -0.384 e. The molecule has 0 radical (unpaired) electrons. The van der Waals surface area contributed by atoms with Gasteiger partial charge in [-0.05, 0) is 30.5 Å². The number of imidazole rings is 1. The SMILES string of the molecule is Cl.Cl.N=C(N)c1cccc2c1CC/C2=N\n1cc(-c2ccc(Cl)cc2)nc1N. The van der Waals surface area contributed by atoms with Crippen molar-refractivity contribution in [1.82, 2.24) is 9.66 Å². The lowest BCUT2D eigenvalue weighted by molar-refractivity contribution is 0.883. The van der Waals surface area contributed by atoms with Crippen LogP contribution in [0.1, 0.15) is 23.1 Å². The highest BCUT2D eigenvalue weighted by molar-refractivity contribution is 6.30. The number of fused-ring (bicyclic) bond motifs is 1. The summed E-state index contributed by atoms with van der Waals surface area (Å²) in [7, 11) is 0. The number of amidine groups is 1. The van der Waals surface area contributed by atoms with Crippen molar-refractivity contribution in [1.29, 1.82) is 5.41 Å². The van der Waals surface area contributed by atoms with E-state index in [-0.39, 0.29) is 30.6 Å². The number of benzene rings is 2. The first-order valence-corrected chi connectivity index (χ1v) is 8.56. The van der Waals surface area contributed by atoms with Crippen LogP contribution in [0.2, 0.25) is 5.02 Å². The molecule has 6 nitrogen and oxygen atoms in total. The normalized spacial score (nSPS) is 13.5. The molecule has 3 aromatic rings. The average molecular weight is 438 g/mol. The standard InChI is InChI=1S/C19H17ClN6.2ClH/c20-12-6-4-11(5-7-12)17-10-26(19(23)24-17)25-16-9-8-13-14(16)2-1-3-15(13)18(21)22;;/h1-7,10H,8-9H2,(H3,21,22)(H2,23,24);2*1H/b25-16+;;. The fraction of sp³-hybridized carbons (Fsp3) is 0.105. The van der Waals surface area contributed by atoms with Gasteiger partial charge in [0.15, 0.2) is 0 Å². The maximum Gasteiger partial charge on any atom is 0.221 e. The molecule has 0 atom stereocenters. The van der Waals surface area contributed by atoms with E-state index in [1.54, 1.807) is 10.9 Å². The van der Waals surface area contributed by atoms with Crippen molar-refractivity contribution in [3.05, 3.63) is 70.4 Å². The molecular formula is C19H19Cl3N6. The minimum atomic E-state index is 0. The first kappa shape index (κ1) is 21.8. The van der Waals surface area contributed by atoms with Gasteiger partial charge in [0, 0.05) is 21.7 Å². The maximum absolute atomic E-state index is 7.73. The summed E-state index contributed by atoms with van der Waals surface area (Å²) in [5, 5.41) is 13.1. The zero-order valence-corrected chi connectivity index (χ0v) is 17.1. The van der Waals surface area contributed by atoms with Crippen molar-refractivity contribution in [2.24, 2.45) is 10.8 Å².